The van der Waals surface area contributed by atoms with Crippen LogP contribution < -0.4 is 0 Å². The van der Waals surface area contributed by atoms with Crippen LogP contribution in [0.15, 0.2) is 0 Å². The zero-order valence-corrected chi connectivity index (χ0v) is 9.95. The van der Waals surface area contributed by atoms with Crippen LogP contribution in [0.4, 0.5) is 0 Å². The third kappa shape index (κ3) is 17.8. The number of ether oxygens (including phenoxy) is 3. The van der Waals surface area contributed by atoms with E-state index in [-0.39, 0.29) is 12.2 Å². The van der Waals surface area contributed by atoms with Crippen molar-refractivity contribution in [1.82, 2.24) is 0 Å². The Balaban J connectivity index is 0. The minimum Gasteiger partial charge on any atom is -0.391 e. The molecule has 0 aliphatic heterocycles. The third-order valence-electron chi connectivity index (χ3n) is 1.37. The van der Waals surface area contributed by atoms with E-state index in [4.69, 9.17) is 19.3 Å². The Kier molecular flexibility index (Phi) is 14.9. The first-order chi connectivity index (χ1) is 6.58. The first-order valence-corrected chi connectivity index (χ1v) is 4.85. The molecule has 0 bridgehead atoms. The van der Waals surface area contributed by atoms with E-state index in [1.807, 2.05) is 13.8 Å². The number of rotatable bonds is 6. The Bertz CT molecular complexity index is 96.1. The SMILES string of the molecule is CCOCC(C)O.COCC(C)OC. The average molecular weight is 208 g/mol. The van der Waals surface area contributed by atoms with Crippen molar-refractivity contribution in [3.8, 4) is 0 Å². The number of methoxy groups -OCH3 is 2. The summed E-state index contributed by atoms with van der Waals surface area (Å²) in [6.07, 6.45) is -0.0926. The van der Waals surface area contributed by atoms with Gasteiger partial charge in [0.15, 0.2) is 0 Å². The Morgan fingerprint density at radius 1 is 1.14 bits per heavy atom. The highest BCUT2D eigenvalue weighted by Gasteiger charge is 1.93. The topological polar surface area (TPSA) is 47.9 Å². The molecule has 0 rings (SSSR count). The van der Waals surface area contributed by atoms with Gasteiger partial charge in [-0.15, -0.1) is 0 Å². The van der Waals surface area contributed by atoms with Crippen molar-refractivity contribution >= 4 is 0 Å². The van der Waals surface area contributed by atoms with Crippen molar-refractivity contribution in [3.05, 3.63) is 0 Å². The second-order valence-electron chi connectivity index (χ2n) is 3.01. The molecule has 2 atom stereocenters. The van der Waals surface area contributed by atoms with Crippen molar-refractivity contribution in [3.63, 3.8) is 0 Å². The first-order valence-electron chi connectivity index (χ1n) is 4.85. The lowest BCUT2D eigenvalue weighted by Crippen LogP contribution is -2.11. The largest absolute Gasteiger partial charge is 0.391 e. The van der Waals surface area contributed by atoms with Crippen LogP contribution in [0, 0.1) is 0 Å². The zero-order chi connectivity index (χ0) is 11.4. The van der Waals surface area contributed by atoms with Gasteiger partial charge in [-0.2, -0.15) is 0 Å². The van der Waals surface area contributed by atoms with Gasteiger partial charge in [-0.05, 0) is 20.8 Å². The number of aliphatic hydroxyl groups is 1. The third-order valence-corrected chi connectivity index (χ3v) is 1.37. The van der Waals surface area contributed by atoms with Crippen molar-refractivity contribution in [2.24, 2.45) is 0 Å². The van der Waals surface area contributed by atoms with Crippen molar-refractivity contribution in [2.45, 2.75) is 33.0 Å². The number of aliphatic hydroxyl groups excluding tert-OH is 1. The molecule has 0 heterocycles. The molecule has 0 saturated carbocycles. The molecule has 0 aromatic carbocycles. The average Bonchev–Trinajstić information content (AvgIpc) is 2.16. The van der Waals surface area contributed by atoms with E-state index < -0.39 is 0 Å². The summed E-state index contributed by atoms with van der Waals surface area (Å²) in [4.78, 5) is 0. The molecular formula is C10H24O4. The molecule has 2 unspecified atom stereocenters. The van der Waals surface area contributed by atoms with E-state index in [1.54, 1.807) is 21.1 Å². The fourth-order valence-electron chi connectivity index (χ4n) is 0.591. The maximum absolute atomic E-state index is 8.56. The van der Waals surface area contributed by atoms with Crippen LogP contribution in [-0.2, 0) is 14.2 Å². The van der Waals surface area contributed by atoms with Gasteiger partial charge in [-0.3, -0.25) is 0 Å². The van der Waals surface area contributed by atoms with E-state index in [0.717, 1.165) is 0 Å². The van der Waals surface area contributed by atoms with Crippen LogP contribution >= 0.6 is 0 Å². The first kappa shape index (κ1) is 16.3. The van der Waals surface area contributed by atoms with Gasteiger partial charge in [0.1, 0.15) is 0 Å². The lowest BCUT2D eigenvalue weighted by Gasteiger charge is -2.05. The normalized spacial score (nSPS) is 14.1. The molecule has 4 heteroatoms. The summed E-state index contributed by atoms with van der Waals surface area (Å²) in [5.41, 5.74) is 0. The summed E-state index contributed by atoms with van der Waals surface area (Å²) >= 11 is 0. The molecule has 0 fully saturated rings. The Hall–Kier alpha value is -0.160. The second kappa shape index (κ2) is 12.8. The second-order valence-corrected chi connectivity index (χ2v) is 3.01. The Morgan fingerprint density at radius 2 is 1.71 bits per heavy atom. The van der Waals surface area contributed by atoms with Crippen LogP contribution in [0.2, 0.25) is 0 Å². The molecule has 0 aliphatic rings. The predicted octanol–water partition coefficient (Wildman–Crippen LogP) is 1.07. The molecular weight excluding hydrogens is 184 g/mol. The van der Waals surface area contributed by atoms with Crippen LogP contribution in [0.25, 0.3) is 0 Å². The summed E-state index contributed by atoms with van der Waals surface area (Å²) in [6.45, 7) is 7.39. The van der Waals surface area contributed by atoms with E-state index in [0.29, 0.717) is 19.8 Å². The summed E-state index contributed by atoms with van der Waals surface area (Å²) in [7, 11) is 3.33. The van der Waals surface area contributed by atoms with E-state index in [1.165, 1.54) is 0 Å². The maximum Gasteiger partial charge on any atom is 0.0776 e. The molecule has 14 heavy (non-hydrogen) atoms. The van der Waals surface area contributed by atoms with Gasteiger partial charge in [0, 0.05) is 20.8 Å². The fourth-order valence-corrected chi connectivity index (χ4v) is 0.591. The molecule has 0 aromatic rings. The lowest BCUT2D eigenvalue weighted by atomic mass is 10.4. The van der Waals surface area contributed by atoms with Crippen LogP contribution in [0.5, 0.6) is 0 Å². The molecule has 0 radical (unpaired) electrons. The molecule has 4 nitrogen and oxygen atoms in total. The van der Waals surface area contributed by atoms with Crippen molar-refractivity contribution in [1.29, 1.82) is 0 Å². The molecule has 0 amide bonds. The van der Waals surface area contributed by atoms with Crippen LogP contribution in [-0.4, -0.2) is 51.4 Å². The Labute approximate surface area is 87.2 Å². The van der Waals surface area contributed by atoms with E-state index in [2.05, 4.69) is 0 Å². The standard InChI is InChI=1S/2C5H12O2/c1-5(7-3)4-6-2;1-3-7-4-5(2)6/h5H,4H2,1-3H3;5-6H,3-4H2,1-2H3. The quantitative estimate of drug-likeness (QED) is 0.709. The zero-order valence-electron chi connectivity index (χ0n) is 9.95. The van der Waals surface area contributed by atoms with Gasteiger partial charge in [0.25, 0.3) is 0 Å². The van der Waals surface area contributed by atoms with Gasteiger partial charge < -0.3 is 19.3 Å². The number of hydrogen-bond acceptors (Lipinski definition) is 4. The van der Waals surface area contributed by atoms with Crippen molar-refractivity contribution < 1.29 is 19.3 Å². The maximum atomic E-state index is 8.56. The molecule has 0 aromatic heterocycles. The fraction of sp³-hybridized carbons (Fsp3) is 1.00. The molecule has 0 aliphatic carbocycles. The number of hydrogen-bond donors (Lipinski definition) is 1. The smallest absolute Gasteiger partial charge is 0.0776 e. The van der Waals surface area contributed by atoms with E-state index in [9.17, 15) is 0 Å². The minimum absolute atomic E-state index is 0.227. The Morgan fingerprint density at radius 3 is 1.86 bits per heavy atom. The van der Waals surface area contributed by atoms with Crippen molar-refractivity contribution in [2.75, 3.05) is 34.0 Å². The highest BCUT2D eigenvalue weighted by molar-refractivity contribution is 4.41. The highest BCUT2D eigenvalue weighted by Crippen LogP contribution is 1.84. The van der Waals surface area contributed by atoms with Gasteiger partial charge in [-0.25, -0.2) is 0 Å². The van der Waals surface area contributed by atoms with E-state index >= 15 is 0 Å². The summed E-state index contributed by atoms with van der Waals surface area (Å²) < 4.78 is 14.5. The minimum atomic E-state index is -0.319. The monoisotopic (exact) mass is 208 g/mol. The lowest BCUT2D eigenvalue weighted by molar-refractivity contribution is 0.0401. The molecule has 88 valence electrons. The molecule has 0 spiro atoms. The highest BCUT2D eigenvalue weighted by atomic mass is 16.5. The van der Waals surface area contributed by atoms with Gasteiger partial charge >= 0.3 is 0 Å². The van der Waals surface area contributed by atoms with Gasteiger partial charge in [-0.1, -0.05) is 0 Å². The molecule has 1 N–H and O–H groups in total. The summed E-state index contributed by atoms with van der Waals surface area (Å²) in [6, 6.07) is 0. The van der Waals surface area contributed by atoms with Crippen LogP contribution in [0.1, 0.15) is 20.8 Å². The van der Waals surface area contributed by atoms with Crippen LogP contribution in [0.3, 0.4) is 0 Å². The molecule has 0 saturated heterocycles. The summed E-state index contributed by atoms with van der Waals surface area (Å²) in [5.74, 6) is 0. The van der Waals surface area contributed by atoms with Gasteiger partial charge in [0.05, 0.1) is 25.4 Å². The predicted molar refractivity (Wildman–Crippen MR) is 56.5 cm³/mol. The van der Waals surface area contributed by atoms with Gasteiger partial charge in [0.2, 0.25) is 0 Å². The summed E-state index contributed by atoms with van der Waals surface area (Å²) in [5, 5.41) is 8.56.